The van der Waals surface area contributed by atoms with Crippen LogP contribution in [0.2, 0.25) is 0 Å². The molecule has 4 heterocycles. The first-order chi connectivity index (χ1) is 16.6. The number of H-pyrrole nitrogens is 1. The van der Waals surface area contributed by atoms with Crippen molar-refractivity contribution < 1.29 is 8.42 Å². The molecule has 1 aliphatic heterocycles. The summed E-state index contributed by atoms with van der Waals surface area (Å²) in [5.41, 5.74) is 7.64. The molecule has 6 rings (SSSR count). The largest absolute Gasteiger partial charge is 0.355 e. The van der Waals surface area contributed by atoms with Gasteiger partial charge in [-0.3, -0.25) is 0 Å². The average Bonchev–Trinajstić information content (AvgIpc) is 3.52. The molecule has 1 aliphatic rings. The van der Waals surface area contributed by atoms with Gasteiger partial charge in [-0.1, -0.05) is 24.3 Å². The second-order valence-electron chi connectivity index (χ2n) is 8.12. The Hall–Kier alpha value is -3.53. The van der Waals surface area contributed by atoms with E-state index in [2.05, 4.69) is 32.4 Å². The van der Waals surface area contributed by atoms with Crippen molar-refractivity contribution >= 4 is 59.6 Å². The molecule has 0 atom stereocenters. The molecule has 3 aromatic heterocycles. The van der Waals surface area contributed by atoms with E-state index in [9.17, 15) is 8.42 Å². The van der Waals surface area contributed by atoms with E-state index in [-0.39, 0.29) is 0 Å². The van der Waals surface area contributed by atoms with Gasteiger partial charge in [0.15, 0.2) is 0 Å². The Balaban J connectivity index is 1.26. The zero-order valence-electron chi connectivity index (χ0n) is 18.1. The van der Waals surface area contributed by atoms with Crippen molar-refractivity contribution in [3.8, 4) is 0 Å². The van der Waals surface area contributed by atoms with E-state index < -0.39 is 10.0 Å². The summed E-state index contributed by atoms with van der Waals surface area (Å²) in [7, 11) is -3.49. The summed E-state index contributed by atoms with van der Waals surface area (Å²) in [4.78, 5) is 12.6. The second kappa shape index (κ2) is 8.35. The van der Waals surface area contributed by atoms with Gasteiger partial charge in [0, 0.05) is 36.1 Å². The van der Waals surface area contributed by atoms with Crippen LogP contribution in [-0.4, -0.2) is 40.8 Å². The zero-order valence-corrected chi connectivity index (χ0v) is 19.7. The first-order valence-corrected chi connectivity index (χ1v) is 13.2. The highest BCUT2D eigenvalue weighted by molar-refractivity contribution is 7.89. The van der Waals surface area contributed by atoms with Crippen LogP contribution in [-0.2, 0) is 10.0 Å². The lowest BCUT2D eigenvalue weighted by atomic mass is 10.1. The number of anilines is 2. The van der Waals surface area contributed by atoms with Crippen LogP contribution in [0.15, 0.2) is 83.3 Å². The van der Waals surface area contributed by atoms with Gasteiger partial charge in [-0.25, -0.2) is 18.4 Å². The van der Waals surface area contributed by atoms with Crippen LogP contribution >= 0.6 is 11.3 Å². The first kappa shape index (κ1) is 21.0. The molecule has 0 aliphatic carbocycles. The molecule has 0 saturated carbocycles. The normalized spacial score (nSPS) is 15.0. The third kappa shape index (κ3) is 3.77. The summed E-state index contributed by atoms with van der Waals surface area (Å²) < 4.78 is 28.5. The van der Waals surface area contributed by atoms with Crippen molar-refractivity contribution in [1.82, 2.24) is 19.3 Å². The Labute approximate surface area is 200 Å². The van der Waals surface area contributed by atoms with Crippen LogP contribution in [0.25, 0.3) is 26.8 Å². The Morgan fingerprint density at radius 2 is 1.91 bits per heavy atom. The lowest BCUT2D eigenvalue weighted by Crippen LogP contribution is -2.34. The number of hydrogen-bond acceptors (Lipinski definition) is 6. The number of fused-ring (bicyclic) bond motifs is 2. The van der Waals surface area contributed by atoms with Crippen LogP contribution in [0.5, 0.6) is 0 Å². The molecular weight excluding hydrogens is 466 g/mol. The summed E-state index contributed by atoms with van der Waals surface area (Å²) in [6.07, 6.45) is 4.39. The standard InChI is InChI=1S/C25H21N5O2S2/c31-34(32,19-4-2-1-3-5-19)30-12-9-17(10-13-30)23-15-20-21(8-11-26-25(20)29-23)28-18-6-7-22-24(14-18)33-16-27-22/h1-9,11,14-16H,10,12-13H2,(H2,26,28,29). The van der Waals surface area contributed by atoms with E-state index in [4.69, 9.17) is 0 Å². The van der Waals surface area contributed by atoms with Crippen LogP contribution in [0.4, 0.5) is 11.4 Å². The second-order valence-corrected chi connectivity index (χ2v) is 10.9. The number of aromatic nitrogens is 3. The molecule has 0 saturated heterocycles. The Kier molecular flexibility index (Phi) is 5.17. The maximum atomic E-state index is 12.9. The molecule has 0 amide bonds. The molecule has 0 unspecified atom stereocenters. The van der Waals surface area contributed by atoms with Crippen LogP contribution in [0.3, 0.4) is 0 Å². The minimum absolute atomic E-state index is 0.328. The predicted molar refractivity (Wildman–Crippen MR) is 137 cm³/mol. The molecule has 0 radical (unpaired) electrons. The van der Waals surface area contributed by atoms with E-state index >= 15 is 0 Å². The molecule has 2 N–H and O–H groups in total. The topological polar surface area (TPSA) is 91.0 Å². The van der Waals surface area contributed by atoms with Crippen molar-refractivity contribution in [1.29, 1.82) is 0 Å². The van der Waals surface area contributed by atoms with Gasteiger partial charge in [0.25, 0.3) is 0 Å². The van der Waals surface area contributed by atoms with E-state index in [1.807, 2.05) is 35.9 Å². The summed E-state index contributed by atoms with van der Waals surface area (Å²) in [6.45, 7) is 0.779. The Morgan fingerprint density at radius 3 is 2.74 bits per heavy atom. The monoisotopic (exact) mass is 487 g/mol. The Bertz CT molecular complexity index is 1640. The molecule has 9 heteroatoms. The van der Waals surface area contributed by atoms with Crippen molar-refractivity contribution in [2.75, 3.05) is 18.4 Å². The van der Waals surface area contributed by atoms with Gasteiger partial charge < -0.3 is 10.3 Å². The summed E-state index contributed by atoms with van der Waals surface area (Å²) in [5.74, 6) is 0. The van der Waals surface area contributed by atoms with Gasteiger partial charge in [-0.15, -0.1) is 11.3 Å². The molecule has 34 heavy (non-hydrogen) atoms. The van der Waals surface area contributed by atoms with Crippen molar-refractivity contribution in [3.63, 3.8) is 0 Å². The zero-order chi connectivity index (χ0) is 23.1. The highest BCUT2D eigenvalue weighted by Crippen LogP contribution is 2.32. The molecule has 7 nitrogen and oxygen atoms in total. The number of nitrogens with zero attached hydrogens (tertiary/aromatic N) is 3. The number of pyridine rings is 1. The molecule has 5 aromatic rings. The maximum Gasteiger partial charge on any atom is 0.243 e. The fourth-order valence-electron chi connectivity index (χ4n) is 4.25. The van der Waals surface area contributed by atoms with E-state index in [0.717, 1.165) is 43.9 Å². The number of sulfonamides is 1. The number of benzene rings is 2. The van der Waals surface area contributed by atoms with Crippen LogP contribution in [0.1, 0.15) is 12.1 Å². The quantitative estimate of drug-likeness (QED) is 0.347. The number of thiazole rings is 1. The van der Waals surface area contributed by atoms with Crippen LogP contribution in [0, 0.1) is 0 Å². The van der Waals surface area contributed by atoms with Gasteiger partial charge in [0.1, 0.15) is 5.65 Å². The first-order valence-electron chi connectivity index (χ1n) is 10.9. The van der Waals surface area contributed by atoms with Crippen LogP contribution < -0.4 is 5.32 Å². The van der Waals surface area contributed by atoms with E-state index in [1.54, 1.807) is 41.8 Å². The van der Waals surface area contributed by atoms with Crippen molar-refractivity contribution in [2.45, 2.75) is 11.3 Å². The third-order valence-electron chi connectivity index (χ3n) is 6.04. The molecule has 170 valence electrons. The molecule has 0 spiro atoms. The molecule has 0 fully saturated rings. The van der Waals surface area contributed by atoms with Crippen molar-refractivity contribution in [3.05, 3.63) is 84.1 Å². The lowest BCUT2D eigenvalue weighted by molar-refractivity contribution is 0.441. The predicted octanol–water partition coefficient (Wildman–Crippen LogP) is 5.39. The van der Waals surface area contributed by atoms with Gasteiger partial charge in [0.2, 0.25) is 10.0 Å². The van der Waals surface area contributed by atoms with E-state index in [0.29, 0.717) is 24.4 Å². The number of hydrogen-bond donors (Lipinski definition) is 2. The minimum Gasteiger partial charge on any atom is -0.355 e. The molecule has 2 aromatic carbocycles. The van der Waals surface area contributed by atoms with Gasteiger partial charge in [0.05, 0.1) is 26.3 Å². The number of nitrogens with one attached hydrogen (secondary N) is 2. The maximum absolute atomic E-state index is 12.9. The fourth-order valence-corrected chi connectivity index (χ4v) is 6.37. The van der Waals surface area contributed by atoms with Gasteiger partial charge in [-0.05, 0) is 54.5 Å². The minimum atomic E-state index is -3.49. The third-order valence-corrected chi connectivity index (χ3v) is 8.71. The highest BCUT2D eigenvalue weighted by atomic mass is 32.2. The molecule has 0 bridgehead atoms. The van der Waals surface area contributed by atoms with E-state index in [1.165, 1.54) is 4.31 Å². The van der Waals surface area contributed by atoms with Crippen molar-refractivity contribution in [2.24, 2.45) is 0 Å². The lowest BCUT2D eigenvalue weighted by Gasteiger charge is -2.25. The van der Waals surface area contributed by atoms with Gasteiger partial charge >= 0.3 is 0 Å². The molecular formula is C25H21N5O2S2. The summed E-state index contributed by atoms with van der Waals surface area (Å²) in [5, 5.41) is 4.49. The van der Waals surface area contributed by atoms with Gasteiger partial charge in [-0.2, -0.15) is 4.31 Å². The number of aromatic amines is 1. The summed E-state index contributed by atoms with van der Waals surface area (Å²) in [6, 6.07) is 18.8. The SMILES string of the molecule is O=S(=O)(c1ccccc1)N1CC=C(c2cc3c(Nc4ccc5ncsc5c4)ccnc3[nH]2)CC1. The summed E-state index contributed by atoms with van der Waals surface area (Å²) >= 11 is 1.62. The number of rotatable bonds is 5. The highest BCUT2D eigenvalue weighted by Gasteiger charge is 2.26. The average molecular weight is 488 g/mol. The Morgan fingerprint density at radius 1 is 1.03 bits per heavy atom. The fraction of sp³-hybridized carbons (Fsp3) is 0.120. The smallest absolute Gasteiger partial charge is 0.243 e.